The Labute approximate surface area is 53.4 Å². The van der Waals surface area contributed by atoms with Gasteiger partial charge in [0, 0.05) is 0 Å². The molecule has 0 aromatic heterocycles. The first-order chi connectivity index (χ1) is 3.33. The Morgan fingerprint density at radius 2 is 2.11 bits per heavy atom. The van der Waals surface area contributed by atoms with E-state index in [0.29, 0.717) is 6.42 Å². The maximum atomic E-state index is 10.0. The highest BCUT2D eigenvalue weighted by molar-refractivity contribution is 5.75. The van der Waals surface area contributed by atoms with E-state index in [2.05, 4.69) is 4.74 Å². The van der Waals surface area contributed by atoms with Crippen LogP contribution in [0.3, 0.4) is 0 Å². The molecule has 1 aliphatic rings. The van der Waals surface area contributed by atoms with Gasteiger partial charge < -0.3 is 15.7 Å². The van der Waals surface area contributed by atoms with E-state index in [0.717, 1.165) is 6.42 Å². The maximum absolute atomic E-state index is 10.0. The van der Waals surface area contributed by atoms with E-state index < -0.39 is 0 Å². The number of hydrogen-bond acceptors (Lipinski definition) is 2. The minimum Gasteiger partial charge on any atom is -0.462 e. The Balaban J connectivity index is 0. The highest BCUT2D eigenvalue weighted by atomic mass is 16.6. The first kappa shape index (κ1) is 11.2. The van der Waals surface area contributed by atoms with Crippen LogP contribution >= 0.6 is 0 Å². The summed E-state index contributed by atoms with van der Waals surface area (Å²) >= 11 is 0. The van der Waals surface area contributed by atoms with Crippen LogP contribution in [-0.4, -0.2) is 23.0 Å². The van der Waals surface area contributed by atoms with Gasteiger partial charge >= 0.3 is 5.97 Å². The zero-order valence-corrected chi connectivity index (χ0v) is 5.31. The molecule has 0 aliphatic carbocycles. The molecule has 4 nitrogen and oxygen atoms in total. The average molecular weight is 136 g/mol. The van der Waals surface area contributed by atoms with Gasteiger partial charge in [-0.3, -0.25) is 4.79 Å². The van der Waals surface area contributed by atoms with Crippen LogP contribution in [-0.2, 0) is 9.53 Å². The summed E-state index contributed by atoms with van der Waals surface area (Å²) in [6.07, 6.45) is 1.84. The molecule has 0 saturated carbocycles. The Morgan fingerprint density at radius 3 is 2.22 bits per heavy atom. The van der Waals surface area contributed by atoms with E-state index in [4.69, 9.17) is 0 Å². The lowest BCUT2D eigenvalue weighted by Gasteiger charge is -2.23. The quantitative estimate of drug-likeness (QED) is 0.435. The molecule has 0 bridgehead atoms. The largest absolute Gasteiger partial charge is 0.462 e. The molecule has 1 rings (SSSR count). The Kier molecular flexibility index (Phi) is 5.34. The molecule has 0 aromatic rings. The normalized spacial score (nSPS) is 22.3. The molecular formula is C5H12O4. The van der Waals surface area contributed by atoms with Crippen molar-refractivity contribution >= 4 is 5.97 Å². The first-order valence-corrected chi connectivity index (χ1v) is 2.52. The van der Waals surface area contributed by atoms with Gasteiger partial charge in [-0.2, -0.15) is 0 Å². The van der Waals surface area contributed by atoms with E-state index in [9.17, 15) is 4.79 Å². The zero-order valence-electron chi connectivity index (χ0n) is 5.31. The summed E-state index contributed by atoms with van der Waals surface area (Å²) < 4.78 is 4.65. The van der Waals surface area contributed by atoms with Crippen LogP contribution in [0.4, 0.5) is 0 Å². The van der Waals surface area contributed by atoms with Crippen molar-refractivity contribution in [3.63, 3.8) is 0 Å². The fourth-order valence-corrected chi connectivity index (χ4v) is 0.590. The monoisotopic (exact) mass is 136 g/mol. The molecule has 0 aromatic carbocycles. The molecule has 4 N–H and O–H groups in total. The van der Waals surface area contributed by atoms with Gasteiger partial charge in [-0.15, -0.1) is 0 Å². The van der Waals surface area contributed by atoms with Gasteiger partial charge in [0.1, 0.15) is 6.10 Å². The Bertz CT molecular complexity index is 83.0. The van der Waals surface area contributed by atoms with Crippen molar-refractivity contribution in [3.8, 4) is 0 Å². The van der Waals surface area contributed by atoms with Gasteiger partial charge in [0.2, 0.25) is 0 Å². The third-order valence-corrected chi connectivity index (χ3v) is 1.15. The van der Waals surface area contributed by atoms with Crippen LogP contribution < -0.4 is 0 Å². The minimum absolute atomic E-state index is 0. The molecule has 0 spiro atoms. The molecule has 4 heteroatoms. The van der Waals surface area contributed by atoms with Crippen LogP contribution in [0, 0.1) is 0 Å². The van der Waals surface area contributed by atoms with Crippen LogP contribution in [0.2, 0.25) is 0 Å². The molecular weight excluding hydrogens is 124 g/mol. The van der Waals surface area contributed by atoms with Crippen molar-refractivity contribution in [2.45, 2.75) is 25.9 Å². The second kappa shape index (κ2) is 4.29. The van der Waals surface area contributed by atoms with Crippen molar-refractivity contribution < 1.29 is 20.5 Å². The summed E-state index contributed by atoms with van der Waals surface area (Å²) in [6, 6.07) is 0. The van der Waals surface area contributed by atoms with Gasteiger partial charge in [-0.05, 0) is 6.42 Å². The molecule has 1 unspecified atom stereocenters. The van der Waals surface area contributed by atoms with E-state index in [1.54, 1.807) is 0 Å². The summed E-state index contributed by atoms with van der Waals surface area (Å²) in [7, 11) is 0. The molecule has 9 heavy (non-hydrogen) atoms. The second-order valence-electron chi connectivity index (χ2n) is 1.72. The number of esters is 1. The standard InChI is InChI=1S/C5H8O2.2H2O/c1-2-4-3-5(6)7-4;;/h4H,2-3H2,1H3;2*1H2. The molecule has 1 fully saturated rings. The number of ether oxygens (including phenoxy) is 1. The predicted octanol–water partition coefficient (Wildman–Crippen LogP) is -0.938. The molecule has 0 radical (unpaired) electrons. The van der Waals surface area contributed by atoms with Gasteiger partial charge in [-0.1, -0.05) is 6.92 Å². The Morgan fingerprint density at radius 1 is 1.67 bits per heavy atom. The van der Waals surface area contributed by atoms with Crippen LogP contribution in [0.5, 0.6) is 0 Å². The highest BCUT2D eigenvalue weighted by Gasteiger charge is 2.25. The van der Waals surface area contributed by atoms with E-state index in [1.165, 1.54) is 0 Å². The van der Waals surface area contributed by atoms with Crippen molar-refractivity contribution in [3.05, 3.63) is 0 Å². The van der Waals surface area contributed by atoms with Crippen molar-refractivity contribution in [2.24, 2.45) is 0 Å². The number of hydrogen-bond donors (Lipinski definition) is 0. The molecule has 0 amide bonds. The molecule has 1 heterocycles. The summed E-state index contributed by atoms with van der Waals surface area (Å²) in [5, 5.41) is 0. The summed E-state index contributed by atoms with van der Waals surface area (Å²) in [4.78, 5) is 10.0. The lowest BCUT2D eigenvalue weighted by Crippen LogP contribution is -2.31. The number of carbonyl (C=O) groups excluding carboxylic acids is 1. The first-order valence-electron chi connectivity index (χ1n) is 2.52. The van der Waals surface area contributed by atoms with Gasteiger partial charge in [-0.25, -0.2) is 0 Å². The van der Waals surface area contributed by atoms with Crippen LogP contribution in [0.1, 0.15) is 19.8 Å². The Hall–Kier alpha value is -0.610. The fraction of sp³-hybridized carbons (Fsp3) is 0.800. The predicted molar refractivity (Wildman–Crippen MR) is 32.0 cm³/mol. The summed E-state index contributed by atoms with van der Waals surface area (Å²) in [6.45, 7) is 2.01. The lowest BCUT2D eigenvalue weighted by atomic mass is 10.1. The van der Waals surface area contributed by atoms with Crippen molar-refractivity contribution in [2.75, 3.05) is 0 Å². The summed E-state index contributed by atoms with van der Waals surface area (Å²) in [5.41, 5.74) is 0. The number of cyclic esters (lactones) is 1. The lowest BCUT2D eigenvalue weighted by molar-refractivity contribution is -0.169. The molecule has 1 atom stereocenters. The van der Waals surface area contributed by atoms with Crippen LogP contribution in [0.25, 0.3) is 0 Å². The van der Waals surface area contributed by atoms with Gasteiger partial charge in [0.25, 0.3) is 0 Å². The number of carbonyl (C=O) groups is 1. The topological polar surface area (TPSA) is 89.3 Å². The molecule has 56 valence electrons. The van der Waals surface area contributed by atoms with Gasteiger partial charge in [0.15, 0.2) is 0 Å². The second-order valence-corrected chi connectivity index (χ2v) is 1.72. The minimum atomic E-state index is -0.0492. The fourth-order valence-electron chi connectivity index (χ4n) is 0.590. The smallest absolute Gasteiger partial charge is 0.309 e. The molecule has 1 aliphatic heterocycles. The SMILES string of the molecule is CCC1CC(=O)O1.O.O. The van der Waals surface area contributed by atoms with Gasteiger partial charge in [0.05, 0.1) is 6.42 Å². The average Bonchev–Trinajstić information content (AvgIpc) is 1.58. The summed E-state index contributed by atoms with van der Waals surface area (Å²) in [5.74, 6) is -0.0492. The molecule has 1 saturated heterocycles. The third kappa shape index (κ3) is 2.43. The highest BCUT2D eigenvalue weighted by Crippen LogP contribution is 2.14. The zero-order chi connectivity index (χ0) is 5.28. The van der Waals surface area contributed by atoms with E-state index in [1.807, 2.05) is 6.92 Å². The van der Waals surface area contributed by atoms with E-state index >= 15 is 0 Å². The van der Waals surface area contributed by atoms with Crippen LogP contribution in [0.15, 0.2) is 0 Å². The third-order valence-electron chi connectivity index (χ3n) is 1.15. The number of rotatable bonds is 1. The maximum Gasteiger partial charge on any atom is 0.309 e. The van der Waals surface area contributed by atoms with E-state index in [-0.39, 0.29) is 23.0 Å². The van der Waals surface area contributed by atoms with Crippen molar-refractivity contribution in [1.29, 1.82) is 0 Å². The van der Waals surface area contributed by atoms with Crippen molar-refractivity contribution in [1.82, 2.24) is 0 Å².